The lowest BCUT2D eigenvalue weighted by molar-refractivity contribution is -0.151. The van der Waals surface area contributed by atoms with E-state index < -0.39 is 5.41 Å². The van der Waals surface area contributed by atoms with Gasteiger partial charge in [0.1, 0.15) is 0 Å². The topological polar surface area (TPSA) is 65.1 Å². The molecule has 3 aliphatic heterocycles. The number of benzene rings is 3. The number of amides is 2. The molecular formula is C30H31ClN4O3. The first-order valence-electron chi connectivity index (χ1n) is 13.0. The van der Waals surface area contributed by atoms with Gasteiger partial charge in [-0.25, -0.2) is 0 Å². The molecule has 2 amide bonds. The van der Waals surface area contributed by atoms with Crippen LogP contribution in [0.5, 0.6) is 0 Å². The summed E-state index contributed by atoms with van der Waals surface area (Å²) in [6.07, 6.45) is 0. The Morgan fingerprint density at radius 1 is 0.947 bits per heavy atom. The summed E-state index contributed by atoms with van der Waals surface area (Å²) in [6, 6.07) is 21.9. The van der Waals surface area contributed by atoms with Gasteiger partial charge in [0.2, 0.25) is 5.91 Å². The smallest absolute Gasteiger partial charge is 0.258 e. The molecule has 2 fully saturated rings. The first-order chi connectivity index (χ1) is 18.4. The molecule has 0 saturated carbocycles. The van der Waals surface area contributed by atoms with Gasteiger partial charge in [0.05, 0.1) is 35.4 Å². The van der Waals surface area contributed by atoms with E-state index in [2.05, 4.69) is 27.2 Å². The molecule has 3 aliphatic rings. The lowest BCUT2D eigenvalue weighted by Gasteiger charge is -2.41. The largest absolute Gasteiger partial charge is 0.379 e. The number of anilines is 3. The summed E-state index contributed by atoms with van der Waals surface area (Å²) in [5.41, 5.74) is 5.06. The van der Waals surface area contributed by atoms with E-state index in [1.54, 1.807) is 4.90 Å². The van der Waals surface area contributed by atoms with E-state index in [9.17, 15) is 9.59 Å². The van der Waals surface area contributed by atoms with Gasteiger partial charge in [-0.3, -0.25) is 14.5 Å². The van der Waals surface area contributed by atoms with E-state index in [0.717, 1.165) is 54.2 Å². The molecule has 7 nitrogen and oxygen atoms in total. The summed E-state index contributed by atoms with van der Waals surface area (Å²) in [7, 11) is 1.85. The number of halogens is 1. The van der Waals surface area contributed by atoms with Crippen LogP contribution in [0.15, 0.2) is 66.7 Å². The van der Waals surface area contributed by atoms with Crippen molar-refractivity contribution in [1.82, 2.24) is 4.90 Å². The highest BCUT2D eigenvalue weighted by atomic mass is 35.5. The quantitative estimate of drug-likeness (QED) is 0.524. The number of hydrogen-bond acceptors (Lipinski definition) is 5. The standard InChI is InChI=1S/C30H31ClN4O3/c1-30(18-38-19-30)29(37)32-20-11-12-26(24(31)17-20)34-13-15-35(16-14-34)27-21-7-3-4-8-22(21)28(36)33(2)25-10-6-5-9-23(25)27/h3-12,17,27H,13-16,18-19H2,1-2H3,(H,32,37). The van der Waals surface area contributed by atoms with Gasteiger partial charge in [0, 0.05) is 50.2 Å². The molecule has 6 rings (SSSR count). The van der Waals surface area contributed by atoms with Gasteiger partial charge in [-0.15, -0.1) is 0 Å². The van der Waals surface area contributed by atoms with Gasteiger partial charge in [-0.05, 0) is 48.4 Å². The van der Waals surface area contributed by atoms with E-state index in [1.807, 2.05) is 68.6 Å². The van der Waals surface area contributed by atoms with Gasteiger partial charge in [0.15, 0.2) is 0 Å². The molecule has 1 unspecified atom stereocenters. The summed E-state index contributed by atoms with van der Waals surface area (Å²) in [5.74, 6) is -0.0266. The molecule has 38 heavy (non-hydrogen) atoms. The number of hydrogen-bond donors (Lipinski definition) is 1. The third-order valence-corrected chi connectivity index (χ3v) is 8.30. The minimum atomic E-state index is -0.476. The maximum absolute atomic E-state index is 13.3. The van der Waals surface area contributed by atoms with Crippen molar-refractivity contribution in [3.63, 3.8) is 0 Å². The number of rotatable bonds is 4. The van der Waals surface area contributed by atoms with E-state index in [-0.39, 0.29) is 17.9 Å². The Bertz CT molecular complexity index is 1400. The van der Waals surface area contributed by atoms with Crippen LogP contribution >= 0.6 is 11.6 Å². The third-order valence-electron chi connectivity index (χ3n) is 8.00. The Hall–Kier alpha value is -3.39. The number of carbonyl (C=O) groups excluding carboxylic acids is 2. The van der Waals surface area contributed by atoms with Crippen LogP contribution in [0.25, 0.3) is 0 Å². The summed E-state index contributed by atoms with van der Waals surface area (Å²) in [4.78, 5) is 32.4. The van der Waals surface area contributed by atoms with Crippen molar-refractivity contribution in [2.45, 2.75) is 13.0 Å². The second kappa shape index (κ2) is 9.73. The van der Waals surface area contributed by atoms with E-state index in [1.165, 1.54) is 0 Å². The molecule has 0 bridgehead atoms. The number of fused-ring (bicyclic) bond motifs is 2. The minimum Gasteiger partial charge on any atom is -0.379 e. The van der Waals surface area contributed by atoms with Gasteiger partial charge < -0.3 is 19.9 Å². The van der Waals surface area contributed by atoms with Gasteiger partial charge in [0.25, 0.3) is 5.91 Å². The molecular weight excluding hydrogens is 500 g/mol. The predicted molar refractivity (Wildman–Crippen MR) is 150 cm³/mol. The molecule has 3 aromatic carbocycles. The molecule has 3 aromatic rings. The molecule has 1 N–H and O–H groups in total. The van der Waals surface area contributed by atoms with Crippen LogP contribution in [0, 0.1) is 5.41 Å². The number of para-hydroxylation sites is 1. The average molecular weight is 531 g/mol. The zero-order chi connectivity index (χ0) is 26.4. The van der Waals surface area contributed by atoms with Gasteiger partial charge in [-0.1, -0.05) is 48.0 Å². The molecule has 3 heterocycles. The van der Waals surface area contributed by atoms with Crippen molar-refractivity contribution in [1.29, 1.82) is 0 Å². The number of nitrogens with one attached hydrogen (secondary N) is 1. The van der Waals surface area contributed by atoms with Crippen molar-refractivity contribution >= 4 is 40.5 Å². The molecule has 8 heteroatoms. The van der Waals surface area contributed by atoms with Crippen molar-refractivity contribution < 1.29 is 14.3 Å². The number of carbonyl (C=O) groups is 2. The first-order valence-corrected chi connectivity index (χ1v) is 13.4. The maximum atomic E-state index is 13.3. The minimum absolute atomic E-state index is 0.0108. The van der Waals surface area contributed by atoms with Crippen molar-refractivity contribution in [3.8, 4) is 0 Å². The van der Waals surface area contributed by atoms with Crippen LogP contribution in [0.3, 0.4) is 0 Å². The summed E-state index contributed by atoms with van der Waals surface area (Å²) in [5, 5.41) is 3.59. The Kier molecular flexibility index (Phi) is 6.38. The first kappa shape index (κ1) is 24.9. The van der Waals surface area contributed by atoms with Gasteiger partial charge in [-0.2, -0.15) is 0 Å². The summed E-state index contributed by atoms with van der Waals surface area (Å²) < 4.78 is 5.21. The lowest BCUT2D eigenvalue weighted by atomic mass is 9.87. The zero-order valence-corrected chi connectivity index (χ0v) is 22.4. The Balaban J connectivity index is 1.22. The number of piperazine rings is 1. The highest BCUT2D eigenvalue weighted by Gasteiger charge is 2.41. The highest BCUT2D eigenvalue weighted by molar-refractivity contribution is 6.33. The van der Waals surface area contributed by atoms with Crippen molar-refractivity contribution in [2.75, 3.05) is 61.6 Å². The molecule has 2 saturated heterocycles. The van der Waals surface area contributed by atoms with Crippen LogP contribution in [0.4, 0.5) is 17.1 Å². The fraction of sp³-hybridized carbons (Fsp3) is 0.333. The molecule has 0 aliphatic carbocycles. The number of nitrogens with zero attached hydrogens (tertiary/aromatic N) is 3. The third kappa shape index (κ3) is 4.25. The maximum Gasteiger partial charge on any atom is 0.258 e. The van der Waals surface area contributed by atoms with E-state index in [4.69, 9.17) is 16.3 Å². The monoisotopic (exact) mass is 530 g/mol. The molecule has 1 atom stereocenters. The predicted octanol–water partition coefficient (Wildman–Crippen LogP) is 4.82. The summed E-state index contributed by atoms with van der Waals surface area (Å²) in [6.45, 7) is 6.01. The van der Waals surface area contributed by atoms with Crippen molar-refractivity contribution in [2.24, 2.45) is 5.41 Å². The van der Waals surface area contributed by atoms with Crippen LogP contribution in [-0.4, -0.2) is 63.2 Å². The second-order valence-electron chi connectivity index (χ2n) is 10.6. The zero-order valence-electron chi connectivity index (χ0n) is 21.6. The van der Waals surface area contributed by atoms with E-state index in [0.29, 0.717) is 23.9 Å². The summed E-state index contributed by atoms with van der Waals surface area (Å²) >= 11 is 6.71. The Morgan fingerprint density at radius 2 is 1.63 bits per heavy atom. The Morgan fingerprint density at radius 3 is 2.32 bits per heavy atom. The van der Waals surface area contributed by atoms with Crippen LogP contribution < -0.4 is 15.1 Å². The fourth-order valence-corrected chi connectivity index (χ4v) is 5.99. The van der Waals surface area contributed by atoms with E-state index >= 15 is 0 Å². The Labute approximate surface area is 227 Å². The average Bonchev–Trinajstić information content (AvgIpc) is 3.01. The van der Waals surface area contributed by atoms with Crippen LogP contribution in [0.2, 0.25) is 5.02 Å². The van der Waals surface area contributed by atoms with Gasteiger partial charge >= 0.3 is 0 Å². The molecule has 0 aromatic heterocycles. The highest BCUT2D eigenvalue weighted by Crippen LogP contribution is 2.41. The second-order valence-corrected chi connectivity index (χ2v) is 11.0. The lowest BCUT2D eigenvalue weighted by Crippen LogP contribution is -2.49. The van der Waals surface area contributed by atoms with Crippen LogP contribution in [0.1, 0.15) is 34.5 Å². The van der Waals surface area contributed by atoms with Crippen molar-refractivity contribution in [3.05, 3.63) is 88.4 Å². The molecule has 0 spiro atoms. The SMILES string of the molecule is CN1C(=O)c2ccccc2C(N2CCN(c3ccc(NC(=O)C4(C)COC4)cc3Cl)CC2)c2ccccc21. The normalized spacial score (nSPS) is 20.7. The molecule has 196 valence electrons. The van der Waals surface area contributed by atoms with Crippen LogP contribution in [-0.2, 0) is 9.53 Å². The molecule has 0 radical (unpaired) electrons. The fourth-order valence-electron chi connectivity index (χ4n) is 5.69. The number of ether oxygens (including phenoxy) is 1.